The van der Waals surface area contributed by atoms with E-state index in [0.717, 1.165) is 12.1 Å². The number of ketones is 1. The first kappa shape index (κ1) is 14.3. The predicted octanol–water partition coefficient (Wildman–Crippen LogP) is -1.67. The van der Waals surface area contributed by atoms with Crippen molar-refractivity contribution in [1.82, 2.24) is 0 Å². The minimum atomic E-state index is -0.837. The van der Waals surface area contributed by atoms with Gasteiger partial charge in [0.25, 0.3) is 0 Å². The Morgan fingerprint density at radius 3 is 2.47 bits per heavy atom. The van der Waals surface area contributed by atoms with Crippen molar-refractivity contribution in [2.24, 2.45) is 0 Å². The van der Waals surface area contributed by atoms with Gasteiger partial charge >= 0.3 is 29.6 Å². The topological polar surface area (TPSA) is 40.1 Å². The van der Waals surface area contributed by atoms with Gasteiger partial charge in [-0.2, -0.15) is 0 Å². The van der Waals surface area contributed by atoms with Gasteiger partial charge in [-0.05, 0) is 30.7 Å². The van der Waals surface area contributed by atoms with E-state index >= 15 is 0 Å². The summed E-state index contributed by atoms with van der Waals surface area (Å²) in [6.45, 7) is 1.39. The van der Waals surface area contributed by atoms with Gasteiger partial charge in [-0.25, -0.2) is 8.78 Å². The molecule has 2 nitrogen and oxygen atoms in total. The zero-order chi connectivity index (χ0) is 10.7. The molecule has 1 aromatic carbocycles. The van der Waals surface area contributed by atoms with Crippen LogP contribution in [0.25, 0.3) is 0 Å². The van der Waals surface area contributed by atoms with E-state index in [-0.39, 0.29) is 41.4 Å². The van der Waals surface area contributed by atoms with Gasteiger partial charge < -0.3 is 5.11 Å². The van der Waals surface area contributed by atoms with Crippen LogP contribution in [0.4, 0.5) is 8.78 Å². The van der Waals surface area contributed by atoms with Crippen LogP contribution in [0.2, 0.25) is 0 Å². The van der Waals surface area contributed by atoms with Gasteiger partial charge in [-0.1, -0.05) is 0 Å². The molecule has 0 unspecified atom stereocenters. The monoisotopic (exact) mass is 220 g/mol. The van der Waals surface area contributed by atoms with Crippen molar-refractivity contribution >= 4 is 5.78 Å². The summed E-state index contributed by atoms with van der Waals surface area (Å²) < 4.78 is 26.0. The Morgan fingerprint density at radius 1 is 1.33 bits per heavy atom. The van der Waals surface area contributed by atoms with Crippen LogP contribution >= 0.6 is 0 Å². The van der Waals surface area contributed by atoms with Gasteiger partial charge in [0.1, 0.15) is 11.6 Å². The summed E-state index contributed by atoms with van der Waals surface area (Å²) in [5, 5.41) is 9.96. The van der Waals surface area contributed by atoms with E-state index in [0.29, 0.717) is 6.08 Å². The standard InChI is InChI=1S/C10H8F2O2.Na/c1-6-4-9(12)7(5-8(6)11)10(14)2-3-13;/h2-5,13H,1H3;/q;+1/p-1/b3-2+;. The molecule has 1 rings (SSSR count). The van der Waals surface area contributed by atoms with E-state index in [4.69, 9.17) is 0 Å². The third-order valence-electron chi connectivity index (χ3n) is 1.73. The van der Waals surface area contributed by atoms with Gasteiger partial charge in [0.05, 0.1) is 5.56 Å². The molecule has 0 radical (unpaired) electrons. The van der Waals surface area contributed by atoms with Crippen LogP contribution in [0.1, 0.15) is 15.9 Å². The number of halogens is 2. The second kappa shape index (κ2) is 6.00. The Balaban J connectivity index is 0.00000196. The fourth-order valence-electron chi connectivity index (χ4n) is 0.987. The maximum absolute atomic E-state index is 13.1. The quantitative estimate of drug-likeness (QED) is 0.259. The van der Waals surface area contributed by atoms with E-state index in [1.807, 2.05) is 0 Å². The molecule has 5 heteroatoms. The summed E-state index contributed by atoms with van der Waals surface area (Å²) >= 11 is 0. The first-order chi connectivity index (χ1) is 6.56. The molecule has 0 heterocycles. The second-order valence-corrected chi connectivity index (χ2v) is 2.75. The number of hydrogen-bond acceptors (Lipinski definition) is 2. The SMILES string of the molecule is Cc1cc(F)c(C(=O)/C=C/[O-])cc1F.[Na+]. The number of aryl methyl sites for hydroxylation is 1. The third-order valence-corrected chi connectivity index (χ3v) is 1.73. The van der Waals surface area contributed by atoms with Crippen LogP contribution < -0.4 is 34.7 Å². The molecule has 74 valence electrons. The van der Waals surface area contributed by atoms with E-state index in [1.165, 1.54) is 6.92 Å². The first-order valence-electron chi connectivity index (χ1n) is 3.84. The molecule has 0 aliphatic heterocycles. The molecule has 0 bridgehead atoms. The number of rotatable bonds is 2. The van der Waals surface area contributed by atoms with Crippen molar-refractivity contribution in [3.8, 4) is 0 Å². The smallest absolute Gasteiger partial charge is 0.878 e. The zero-order valence-corrected chi connectivity index (χ0v) is 10.4. The van der Waals surface area contributed by atoms with Crippen molar-refractivity contribution in [2.45, 2.75) is 6.92 Å². The minimum absolute atomic E-state index is 0. The molecule has 0 aromatic heterocycles. The van der Waals surface area contributed by atoms with Crippen LogP contribution in [0.3, 0.4) is 0 Å². The predicted molar refractivity (Wildman–Crippen MR) is 44.6 cm³/mol. The van der Waals surface area contributed by atoms with Crippen LogP contribution in [-0.2, 0) is 0 Å². The average molecular weight is 220 g/mol. The number of allylic oxidation sites excluding steroid dienone is 1. The van der Waals surface area contributed by atoms with Crippen molar-refractivity contribution in [2.75, 3.05) is 0 Å². The van der Waals surface area contributed by atoms with Crippen molar-refractivity contribution in [3.05, 3.63) is 47.2 Å². The molecule has 0 aliphatic rings. The third kappa shape index (κ3) is 3.41. The summed E-state index contributed by atoms with van der Waals surface area (Å²) in [6.07, 6.45) is 0.882. The number of benzene rings is 1. The molecule has 15 heavy (non-hydrogen) atoms. The molecule has 0 saturated heterocycles. The van der Waals surface area contributed by atoms with Crippen molar-refractivity contribution in [1.29, 1.82) is 0 Å². The van der Waals surface area contributed by atoms with Gasteiger partial charge in [0.2, 0.25) is 0 Å². The van der Waals surface area contributed by atoms with E-state index in [2.05, 4.69) is 0 Å². The van der Waals surface area contributed by atoms with Crippen LogP contribution in [0.5, 0.6) is 0 Å². The fraction of sp³-hybridized carbons (Fsp3) is 0.100. The Kier molecular flexibility index (Phi) is 5.72. The maximum Gasteiger partial charge on any atom is 1.00 e. The maximum atomic E-state index is 13.1. The summed E-state index contributed by atoms with van der Waals surface area (Å²) in [5.74, 6) is -2.34. The summed E-state index contributed by atoms with van der Waals surface area (Å²) in [7, 11) is 0. The van der Waals surface area contributed by atoms with Crippen LogP contribution in [-0.4, -0.2) is 5.78 Å². The first-order valence-corrected chi connectivity index (χ1v) is 3.84. The summed E-state index contributed by atoms with van der Waals surface area (Å²) in [4.78, 5) is 11.0. The molecule has 0 N–H and O–H groups in total. The largest absolute Gasteiger partial charge is 1.00 e. The second-order valence-electron chi connectivity index (χ2n) is 2.75. The normalized spacial score (nSPS) is 10.1. The Morgan fingerprint density at radius 2 is 1.93 bits per heavy atom. The van der Waals surface area contributed by atoms with Crippen molar-refractivity contribution < 1.29 is 48.2 Å². The molecule has 0 aliphatic carbocycles. The van der Waals surface area contributed by atoms with E-state index in [1.54, 1.807) is 0 Å². The van der Waals surface area contributed by atoms with Crippen molar-refractivity contribution in [3.63, 3.8) is 0 Å². The molecular weight excluding hydrogens is 213 g/mol. The Labute approximate surface area is 108 Å². The van der Waals surface area contributed by atoms with Crippen LogP contribution in [0.15, 0.2) is 24.5 Å². The van der Waals surface area contributed by atoms with Gasteiger partial charge in [-0.3, -0.25) is 4.79 Å². The summed E-state index contributed by atoms with van der Waals surface area (Å²) in [6, 6.07) is 1.70. The molecule has 0 saturated carbocycles. The number of hydrogen-bond donors (Lipinski definition) is 0. The van der Waals surface area contributed by atoms with Gasteiger partial charge in [0.15, 0.2) is 5.78 Å². The molecule has 0 spiro atoms. The average Bonchev–Trinajstić information content (AvgIpc) is 2.11. The van der Waals surface area contributed by atoms with Crippen LogP contribution in [0, 0.1) is 18.6 Å². The minimum Gasteiger partial charge on any atom is -0.878 e. The molecule has 0 fully saturated rings. The van der Waals surface area contributed by atoms with E-state index in [9.17, 15) is 18.7 Å². The Bertz CT molecular complexity index is 403. The molecule has 0 amide bonds. The van der Waals surface area contributed by atoms with E-state index < -0.39 is 23.0 Å². The molecule has 0 atom stereocenters. The van der Waals surface area contributed by atoms with Gasteiger partial charge in [0, 0.05) is 0 Å². The molecular formula is C10H7F2NaO2. The Hall–Kier alpha value is -0.710. The zero-order valence-electron chi connectivity index (χ0n) is 8.38. The molecule has 1 aromatic rings. The number of carbonyl (C=O) groups is 1. The number of carbonyl (C=O) groups excluding carboxylic acids is 1. The fourth-order valence-corrected chi connectivity index (χ4v) is 0.987. The summed E-state index contributed by atoms with van der Waals surface area (Å²) in [5.41, 5.74) is -0.314. The van der Waals surface area contributed by atoms with Gasteiger partial charge in [-0.15, -0.1) is 6.26 Å².